The maximum atomic E-state index is 5.82. The summed E-state index contributed by atoms with van der Waals surface area (Å²) < 4.78 is 1.18. The quantitative estimate of drug-likeness (QED) is 0.783. The molecule has 1 rings (SSSR count). The molecule has 3 heteroatoms. The van der Waals surface area contributed by atoms with E-state index in [1.54, 1.807) is 0 Å². The Bertz CT molecular complexity index is 350. The average molecular weight is 316 g/mol. The predicted molar refractivity (Wildman–Crippen MR) is 81.7 cm³/mol. The SMILES string of the molecule is CC(C)CCSc1ccc(CC(C)N)c(Br)c1. The molecule has 1 aromatic rings. The minimum absolute atomic E-state index is 0.214. The van der Waals surface area contributed by atoms with Gasteiger partial charge >= 0.3 is 0 Å². The summed E-state index contributed by atoms with van der Waals surface area (Å²) in [6.45, 7) is 6.57. The molecule has 0 aliphatic heterocycles. The zero-order valence-corrected chi connectivity index (χ0v) is 13.3. The first-order valence-electron chi connectivity index (χ1n) is 6.16. The van der Waals surface area contributed by atoms with E-state index in [1.807, 2.05) is 18.7 Å². The van der Waals surface area contributed by atoms with E-state index in [9.17, 15) is 0 Å². The maximum Gasteiger partial charge on any atom is 0.0219 e. The Morgan fingerprint density at radius 3 is 2.53 bits per heavy atom. The van der Waals surface area contributed by atoms with Gasteiger partial charge in [0.1, 0.15) is 0 Å². The lowest BCUT2D eigenvalue weighted by atomic mass is 10.1. The Morgan fingerprint density at radius 1 is 1.29 bits per heavy atom. The molecular formula is C14H22BrNS. The van der Waals surface area contributed by atoms with Crippen molar-refractivity contribution in [3.63, 3.8) is 0 Å². The van der Waals surface area contributed by atoms with Crippen LogP contribution in [0, 0.1) is 5.92 Å². The van der Waals surface area contributed by atoms with Crippen LogP contribution >= 0.6 is 27.7 Å². The van der Waals surface area contributed by atoms with E-state index in [1.165, 1.54) is 27.1 Å². The molecule has 1 nitrogen and oxygen atoms in total. The molecule has 0 radical (unpaired) electrons. The lowest BCUT2D eigenvalue weighted by molar-refractivity contribution is 0.632. The van der Waals surface area contributed by atoms with E-state index in [2.05, 4.69) is 48.0 Å². The number of nitrogens with two attached hydrogens (primary N) is 1. The van der Waals surface area contributed by atoms with E-state index in [4.69, 9.17) is 5.73 Å². The molecule has 1 atom stereocenters. The third-order valence-corrected chi connectivity index (χ3v) is 4.30. The van der Waals surface area contributed by atoms with Gasteiger partial charge in [-0.15, -0.1) is 11.8 Å². The molecule has 0 aliphatic rings. The Morgan fingerprint density at radius 2 is 2.00 bits per heavy atom. The van der Waals surface area contributed by atoms with Crippen LogP contribution in [0.4, 0.5) is 0 Å². The van der Waals surface area contributed by atoms with Crippen molar-refractivity contribution in [2.75, 3.05) is 5.75 Å². The molecule has 0 spiro atoms. The molecule has 0 saturated carbocycles. The van der Waals surface area contributed by atoms with Gasteiger partial charge in [0, 0.05) is 15.4 Å². The molecule has 0 amide bonds. The van der Waals surface area contributed by atoms with Crippen molar-refractivity contribution in [1.82, 2.24) is 0 Å². The van der Waals surface area contributed by atoms with Gasteiger partial charge in [0.2, 0.25) is 0 Å². The van der Waals surface area contributed by atoms with Gasteiger partial charge in [-0.25, -0.2) is 0 Å². The zero-order valence-electron chi connectivity index (χ0n) is 10.9. The third kappa shape index (κ3) is 5.94. The van der Waals surface area contributed by atoms with Crippen LogP contribution in [-0.2, 0) is 6.42 Å². The fourth-order valence-corrected chi connectivity index (χ4v) is 3.43. The zero-order chi connectivity index (χ0) is 12.8. The highest BCUT2D eigenvalue weighted by Gasteiger charge is 2.05. The van der Waals surface area contributed by atoms with Crippen molar-refractivity contribution in [3.05, 3.63) is 28.2 Å². The van der Waals surface area contributed by atoms with E-state index in [0.717, 1.165) is 12.3 Å². The molecule has 1 unspecified atom stereocenters. The summed E-state index contributed by atoms with van der Waals surface area (Å²) in [6, 6.07) is 6.81. The molecule has 0 aliphatic carbocycles. The van der Waals surface area contributed by atoms with Gasteiger partial charge in [0.15, 0.2) is 0 Å². The molecule has 17 heavy (non-hydrogen) atoms. The van der Waals surface area contributed by atoms with Gasteiger partial charge in [-0.2, -0.15) is 0 Å². The van der Waals surface area contributed by atoms with Crippen LogP contribution in [-0.4, -0.2) is 11.8 Å². The maximum absolute atomic E-state index is 5.82. The first-order chi connectivity index (χ1) is 7.99. The van der Waals surface area contributed by atoms with Gasteiger partial charge in [0.25, 0.3) is 0 Å². The van der Waals surface area contributed by atoms with Crippen LogP contribution in [0.3, 0.4) is 0 Å². The summed E-state index contributed by atoms with van der Waals surface area (Å²) in [4.78, 5) is 1.34. The fraction of sp³-hybridized carbons (Fsp3) is 0.571. The average Bonchev–Trinajstić information content (AvgIpc) is 2.21. The minimum atomic E-state index is 0.214. The second kappa shape index (κ2) is 7.45. The van der Waals surface area contributed by atoms with E-state index < -0.39 is 0 Å². The summed E-state index contributed by atoms with van der Waals surface area (Å²) >= 11 is 5.56. The number of hydrogen-bond donors (Lipinski definition) is 1. The Hall–Kier alpha value is 0.01000. The van der Waals surface area contributed by atoms with Crippen molar-refractivity contribution in [2.24, 2.45) is 11.7 Å². The molecule has 0 fully saturated rings. The van der Waals surface area contributed by atoms with E-state index >= 15 is 0 Å². The smallest absolute Gasteiger partial charge is 0.0219 e. The van der Waals surface area contributed by atoms with Crippen molar-refractivity contribution >= 4 is 27.7 Å². The van der Waals surface area contributed by atoms with Crippen LogP contribution in [0.5, 0.6) is 0 Å². The number of rotatable bonds is 6. The standard InChI is InChI=1S/C14H22BrNS/c1-10(2)6-7-17-13-5-4-12(8-11(3)16)14(15)9-13/h4-5,9-11H,6-8,16H2,1-3H3. The second-order valence-electron chi connectivity index (χ2n) is 4.97. The van der Waals surface area contributed by atoms with Crippen LogP contribution in [0.25, 0.3) is 0 Å². The predicted octanol–water partition coefficient (Wildman–Crippen LogP) is 4.48. The number of hydrogen-bond acceptors (Lipinski definition) is 2. The largest absolute Gasteiger partial charge is 0.328 e. The van der Waals surface area contributed by atoms with E-state index in [-0.39, 0.29) is 6.04 Å². The van der Waals surface area contributed by atoms with Crippen molar-refractivity contribution in [2.45, 2.75) is 44.6 Å². The molecular weight excluding hydrogens is 294 g/mol. The van der Waals surface area contributed by atoms with Crippen molar-refractivity contribution < 1.29 is 0 Å². The van der Waals surface area contributed by atoms with Crippen molar-refractivity contribution in [1.29, 1.82) is 0 Å². The molecule has 0 bridgehead atoms. The van der Waals surface area contributed by atoms with Crippen molar-refractivity contribution in [3.8, 4) is 0 Å². The summed E-state index contributed by atoms with van der Waals surface area (Å²) in [5.41, 5.74) is 7.12. The Labute approximate surface area is 118 Å². The Kier molecular flexibility index (Phi) is 6.60. The van der Waals surface area contributed by atoms with Gasteiger partial charge < -0.3 is 5.73 Å². The normalized spacial score (nSPS) is 13.1. The first-order valence-corrected chi connectivity index (χ1v) is 7.93. The van der Waals surface area contributed by atoms with Gasteiger partial charge in [-0.3, -0.25) is 0 Å². The molecule has 0 heterocycles. The van der Waals surface area contributed by atoms with Crippen LogP contribution < -0.4 is 5.73 Å². The topological polar surface area (TPSA) is 26.0 Å². The number of thioether (sulfide) groups is 1. The van der Waals surface area contributed by atoms with Gasteiger partial charge in [0.05, 0.1) is 0 Å². The molecule has 0 aromatic heterocycles. The minimum Gasteiger partial charge on any atom is -0.328 e. The second-order valence-corrected chi connectivity index (χ2v) is 6.99. The number of benzene rings is 1. The highest BCUT2D eigenvalue weighted by atomic mass is 79.9. The van der Waals surface area contributed by atoms with Gasteiger partial charge in [-0.05, 0) is 49.1 Å². The number of halogens is 1. The highest BCUT2D eigenvalue weighted by Crippen LogP contribution is 2.27. The lowest BCUT2D eigenvalue weighted by Crippen LogP contribution is -2.17. The molecule has 2 N–H and O–H groups in total. The molecule has 96 valence electrons. The summed E-state index contributed by atoms with van der Waals surface area (Å²) in [5, 5.41) is 0. The van der Waals surface area contributed by atoms with E-state index in [0.29, 0.717) is 0 Å². The Balaban J connectivity index is 2.56. The van der Waals surface area contributed by atoms with Crippen LogP contribution in [0.1, 0.15) is 32.8 Å². The summed E-state index contributed by atoms with van der Waals surface area (Å²) in [5.74, 6) is 1.97. The summed E-state index contributed by atoms with van der Waals surface area (Å²) in [6.07, 6.45) is 2.20. The molecule has 0 saturated heterocycles. The van der Waals surface area contributed by atoms with Gasteiger partial charge in [-0.1, -0.05) is 35.8 Å². The van der Waals surface area contributed by atoms with Crippen LogP contribution in [0.15, 0.2) is 27.6 Å². The molecule has 1 aromatic carbocycles. The fourth-order valence-electron chi connectivity index (χ4n) is 1.54. The van der Waals surface area contributed by atoms with Crippen LogP contribution in [0.2, 0.25) is 0 Å². The monoisotopic (exact) mass is 315 g/mol. The highest BCUT2D eigenvalue weighted by molar-refractivity contribution is 9.10. The summed E-state index contributed by atoms with van der Waals surface area (Å²) in [7, 11) is 0. The lowest BCUT2D eigenvalue weighted by Gasteiger charge is -2.10. The third-order valence-electron chi connectivity index (χ3n) is 2.53. The first kappa shape index (κ1) is 15.1.